The van der Waals surface area contributed by atoms with Crippen LogP contribution in [0.2, 0.25) is 0 Å². The smallest absolute Gasteiger partial charge is 0.162 e. The van der Waals surface area contributed by atoms with Crippen molar-refractivity contribution < 1.29 is 0 Å². The molecule has 1 atom stereocenters. The van der Waals surface area contributed by atoms with E-state index in [1.807, 2.05) is 18.2 Å². The van der Waals surface area contributed by atoms with E-state index >= 15 is 0 Å². The predicted octanol–water partition coefficient (Wildman–Crippen LogP) is 3.54. The first-order valence-electron chi connectivity index (χ1n) is 4.27. The van der Waals surface area contributed by atoms with E-state index in [4.69, 9.17) is 12.2 Å². The Kier molecular flexibility index (Phi) is 3.26. The molecule has 1 heterocycles. The molecule has 0 bridgehead atoms. The predicted molar refractivity (Wildman–Crippen MR) is 70.2 cm³/mol. The molecular weight excluding hydrogens is 230 g/mol. The van der Waals surface area contributed by atoms with Gasteiger partial charge in [-0.3, -0.25) is 0 Å². The molecule has 72 valence electrons. The maximum absolute atomic E-state index is 5.12. The minimum absolute atomic E-state index is 0.468. The van der Waals surface area contributed by atoms with Gasteiger partial charge in [-0.25, -0.2) is 4.99 Å². The summed E-state index contributed by atoms with van der Waals surface area (Å²) in [4.78, 5) is 4.38. The normalized spacial score (nSPS) is 21.9. The van der Waals surface area contributed by atoms with Crippen molar-refractivity contribution in [3.8, 4) is 0 Å². The Labute approximate surface area is 97.4 Å². The van der Waals surface area contributed by atoms with Crippen molar-refractivity contribution in [1.82, 2.24) is 0 Å². The largest absolute Gasteiger partial charge is 0.223 e. The molecule has 1 aliphatic heterocycles. The molecule has 0 spiro atoms. The van der Waals surface area contributed by atoms with Crippen LogP contribution in [0.5, 0.6) is 0 Å². The number of benzene rings is 1. The molecule has 0 amide bonds. The van der Waals surface area contributed by atoms with Crippen LogP contribution < -0.4 is 0 Å². The summed E-state index contributed by atoms with van der Waals surface area (Å²) in [6, 6.07) is 10.2. The number of rotatable bonds is 1. The van der Waals surface area contributed by atoms with E-state index in [1.54, 1.807) is 23.5 Å². The molecule has 0 fully saturated rings. The Morgan fingerprint density at radius 2 is 1.93 bits per heavy atom. The van der Waals surface area contributed by atoms with Crippen molar-refractivity contribution in [1.29, 1.82) is 0 Å². The topological polar surface area (TPSA) is 12.4 Å². The van der Waals surface area contributed by atoms with E-state index in [2.05, 4.69) is 24.0 Å². The zero-order valence-electron chi connectivity index (χ0n) is 7.64. The van der Waals surface area contributed by atoms with Crippen LogP contribution in [0.1, 0.15) is 12.5 Å². The third-order valence-electron chi connectivity index (χ3n) is 1.76. The monoisotopic (exact) mass is 239 g/mol. The summed E-state index contributed by atoms with van der Waals surface area (Å²) in [6.07, 6.45) is 0. The third-order valence-corrected chi connectivity index (χ3v) is 4.22. The molecule has 2 rings (SSSR count). The highest BCUT2D eigenvalue weighted by molar-refractivity contribution is 8.35. The lowest BCUT2D eigenvalue weighted by atomic mass is 10.2. The molecule has 4 heteroatoms. The lowest BCUT2D eigenvalue weighted by molar-refractivity contribution is 1.43. The molecule has 0 aliphatic carbocycles. The average Bonchev–Trinajstić information content (AvgIpc) is 2.18. The summed E-state index contributed by atoms with van der Waals surface area (Å²) in [7, 11) is 0. The maximum Gasteiger partial charge on any atom is 0.162 e. The number of hydrogen-bond donors (Lipinski definition) is 0. The van der Waals surface area contributed by atoms with Crippen molar-refractivity contribution in [2.45, 2.75) is 11.5 Å². The van der Waals surface area contributed by atoms with Gasteiger partial charge in [0.15, 0.2) is 4.32 Å². The van der Waals surface area contributed by atoms with Gasteiger partial charge in [-0.05, 0) is 6.92 Å². The highest BCUT2D eigenvalue weighted by Gasteiger charge is 2.18. The molecule has 0 saturated heterocycles. The summed E-state index contributed by atoms with van der Waals surface area (Å²) >= 11 is 8.54. The molecule has 1 aromatic carbocycles. The summed E-state index contributed by atoms with van der Waals surface area (Å²) < 4.78 is 1.21. The number of nitrogens with zero attached hydrogens (tertiary/aromatic N) is 1. The quantitative estimate of drug-likeness (QED) is 0.695. The van der Waals surface area contributed by atoms with Crippen LogP contribution in [0, 0.1) is 0 Å². The van der Waals surface area contributed by atoms with Crippen molar-refractivity contribution in [2.75, 3.05) is 0 Å². The van der Waals surface area contributed by atoms with Gasteiger partial charge in [0.05, 0.1) is 4.58 Å². The van der Waals surface area contributed by atoms with Crippen LogP contribution in [-0.4, -0.2) is 13.9 Å². The van der Waals surface area contributed by atoms with E-state index in [-0.39, 0.29) is 0 Å². The zero-order valence-corrected chi connectivity index (χ0v) is 10.1. The SMILES string of the molecule is CC1SC(=S)N=C(c2ccccc2)S1. The minimum Gasteiger partial charge on any atom is -0.223 e. The zero-order chi connectivity index (χ0) is 9.97. The van der Waals surface area contributed by atoms with E-state index < -0.39 is 0 Å². The highest BCUT2D eigenvalue weighted by Crippen LogP contribution is 2.33. The van der Waals surface area contributed by atoms with Gasteiger partial charge in [-0.1, -0.05) is 66.1 Å². The maximum atomic E-state index is 5.12. The van der Waals surface area contributed by atoms with Crippen LogP contribution in [-0.2, 0) is 0 Å². The van der Waals surface area contributed by atoms with Gasteiger partial charge in [0.1, 0.15) is 5.04 Å². The first kappa shape index (κ1) is 10.2. The molecule has 0 saturated carbocycles. The van der Waals surface area contributed by atoms with Gasteiger partial charge >= 0.3 is 0 Å². The summed E-state index contributed by atoms with van der Waals surface area (Å²) in [5, 5.41) is 1.04. The van der Waals surface area contributed by atoms with E-state index in [1.165, 1.54) is 0 Å². The van der Waals surface area contributed by atoms with Gasteiger partial charge in [0.2, 0.25) is 0 Å². The Hall–Kier alpha value is -0.320. The summed E-state index contributed by atoms with van der Waals surface area (Å²) in [6.45, 7) is 2.15. The van der Waals surface area contributed by atoms with E-state index in [9.17, 15) is 0 Å². The fraction of sp³-hybridized carbons (Fsp3) is 0.200. The number of aliphatic imine (C=N–C) groups is 1. The van der Waals surface area contributed by atoms with Crippen LogP contribution in [0.25, 0.3) is 0 Å². The molecule has 0 aromatic heterocycles. The molecule has 1 unspecified atom stereocenters. The van der Waals surface area contributed by atoms with Gasteiger partial charge in [0.25, 0.3) is 0 Å². The van der Waals surface area contributed by atoms with Crippen molar-refractivity contribution in [2.24, 2.45) is 4.99 Å². The van der Waals surface area contributed by atoms with Gasteiger partial charge in [-0.2, -0.15) is 0 Å². The van der Waals surface area contributed by atoms with Crippen LogP contribution in [0.3, 0.4) is 0 Å². The second kappa shape index (κ2) is 4.47. The summed E-state index contributed by atoms with van der Waals surface area (Å²) in [5.74, 6) is 0. The lowest BCUT2D eigenvalue weighted by Crippen LogP contribution is -2.09. The minimum atomic E-state index is 0.468. The number of hydrogen-bond acceptors (Lipinski definition) is 3. The van der Waals surface area contributed by atoms with Gasteiger partial charge < -0.3 is 0 Å². The fourth-order valence-corrected chi connectivity index (χ4v) is 3.89. The lowest BCUT2D eigenvalue weighted by Gasteiger charge is -2.17. The molecule has 0 N–H and O–H groups in total. The van der Waals surface area contributed by atoms with Crippen LogP contribution in [0.4, 0.5) is 0 Å². The highest BCUT2D eigenvalue weighted by atomic mass is 32.2. The Morgan fingerprint density at radius 1 is 1.21 bits per heavy atom. The fourth-order valence-electron chi connectivity index (χ4n) is 1.17. The Morgan fingerprint density at radius 3 is 2.57 bits per heavy atom. The number of thioether (sulfide) groups is 2. The van der Waals surface area contributed by atoms with E-state index in [0.29, 0.717) is 4.58 Å². The van der Waals surface area contributed by atoms with Crippen LogP contribution >= 0.6 is 35.7 Å². The molecule has 1 aliphatic rings. The second-order valence-electron chi connectivity index (χ2n) is 2.85. The molecule has 14 heavy (non-hydrogen) atoms. The van der Waals surface area contributed by atoms with Crippen LogP contribution in [0.15, 0.2) is 35.3 Å². The van der Waals surface area contributed by atoms with Crippen molar-refractivity contribution in [3.63, 3.8) is 0 Å². The first-order chi connectivity index (χ1) is 6.75. The molecule has 0 radical (unpaired) electrons. The number of thiocarbonyl (C=S) groups is 1. The average molecular weight is 239 g/mol. The Balaban J connectivity index is 2.31. The third kappa shape index (κ3) is 2.38. The summed E-state index contributed by atoms with van der Waals surface area (Å²) in [5.41, 5.74) is 1.16. The first-order valence-corrected chi connectivity index (χ1v) is 6.44. The molecular formula is C10H9NS3. The Bertz CT molecular complexity index is 372. The van der Waals surface area contributed by atoms with Gasteiger partial charge in [-0.15, -0.1) is 0 Å². The van der Waals surface area contributed by atoms with Crippen molar-refractivity contribution >= 4 is 45.1 Å². The van der Waals surface area contributed by atoms with Gasteiger partial charge in [0, 0.05) is 5.56 Å². The standard InChI is InChI=1S/C10H9NS3/c1-7-13-9(11-10(12)14-7)8-5-3-2-4-6-8/h2-7H,1H3. The molecule has 1 aromatic rings. The van der Waals surface area contributed by atoms with E-state index in [0.717, 1.165) is 14.9 Å². The molecule has 1 nitrogen and oxygen atoms in total. The second-order valence-corrected chi connectivity index (χ2v) is 6.45. The van der Waals surface area contributed by atoms with Crippen molar-refractivity contribution in [3.05, 3.63) is 35.9 Å².